The van der Waals surface area contributed by atoms with Gasteiger partial charge >= 0.3 is 5.97 Å². The van der Waals surface area contributed by atoms with Crippen LogP contribution in [-0.2, 0) is 4.79 Å². The van der Waals surface area contributed by atoms with Gasteiger partial charge in [-0.3, -0.25) is 9.69 Å². The van der Waals surface area contributed by atoms with E-state index in [-0.39, 0.29) is 29.2 Å². The molecule has 20 heavy (non-hydrogen) atoms. The molecule has 1 rings (SSSR count). The molecule has 6 nitrogen and oxygen atoms in total. The fourth-order valence-corrected chi connectivity index (χ4v) is 2.13. The summed E-state index contributed by atoms with van der Waals surface area (Å²) < 4.78 is 0. The second kappa shape index (κ2) is 6.38. The Morgan fingerprint density at radius 2 is 1.85 bits per heavy atom. The Morgan fingerprint density at radius 3 is 2.30 bits per heavy atom. The number of carboxylic acid groups (broad SMARTS) is 1. The Morgan fingerprint density at radius 1 is 1.25 bits per heavy atom. The van der Waals surface area contributed by atoms with Crippen LogP contribution in [0.4, 0.5) is 5.69 Å². The molecule has 3 N–H and O–H groups in total. The zero-order valence-corrected chi connectivity index (χ0v) is 12.0. The average molecular weight is 280 g/mol. The van der Waals surface area contributed by atoms with Crippen LogP contribution in [0, 0.1) is 5.92 Å². The van der Waals surface area contributed by atoms with Crippen LogP contribution in [-0.4, -0.2) is 47.1 Å². The molecule has 0 radical (unpaired) electrons. The van der Waals surface area contributed by atoms with Gasteiger partial charge < -0.3 is 15.5 Å². The maximum atomic E-state index is 12.2. The number of aromatic hydroxyl groups is 1. The van der Waals surface area contributed by atoms with Crippen LogP contribution in [0.15, 0.2) is 18.2 Å². The predicted octanol–water partition coefficient (Wildman–Crippen LogP) is 1.62. The SMILES string of the molecule is CC(C)[C@@H](C(=O)Nc1ccc(O)c(C(=O)O)c1)N(C)C. The molecule has 6 heteroatoms. The predicted molar refractivity (Wildman–Crippen MR) is 76.0 cm³/mol. The summed E-state index contributed by atoms with van der Waals surface area (Å²) in [5.74, 6) is -1.68. The van der Waals surface area contributed by atoms with E-state index in [1.54, 1.807) is 4.90 Å². The number of nitrogens with zero attached hydrogens (tertiary/aromatic N) is 1. The van der Waals surface area contributed by atoms with E-state index in [1.165, 1.54) is 18.2 Å². The van der Waals surface area contributed by atoms with Crippen LogP contribution in [0.1, 0.15) is 24.2 Å². The molecule has 0 heterocycles. The van der Waals surface area contributed by atoms with Crippen molar-refractivity contribution >= 4 is 17.6 Å². The minimum absolute atomic E-state index is 0.112. The van der Waals surface area contributed by atoms with E-state index in [1.807, 2.05) is 27.9 Å². The molecule has 0 bridgehead atoms. The first-order valence-electron chi connectivity index (χ1n) is 6.27. The zero-order valence-electron chi connectivity index (χ0n) is 12.0. The Bertz CT molecular complexity index is 504. The van der Waals surface area contributed by atoms with Crippen molar-refractivity contribution in [3.8, 4) is 5.75 Å². The first-order chi connectivity index (χ1) is 9.23. The van der Waals surface area contributed by atoms with Crippen LogP contribution in [0.2, 0.25) is 0 Å². The molecule has 0 aliphatic rings. The van der Waals surface area contributed by atoms with E-state index >= 15 is 0 Å². The number of hydrogen-bond donors (Lipinski definition) is 3. The molecule has 0 saturated heterocycles. The summed E-state index contributed by atoms with van der Waals surface area (Å²) in [6.45, 7) is 3.87. The van der Waals surface area contributed by atoms with Gasteiger partial charge in [0.25, 0.3) is 0 Å². The van der Waals surface area contributed by atoms with E-state index in [0.29, 0.717) is 5.69 Å². The molecule has 0 aliphatic heterocycles. The van der Waals surface area contributed by atoms with Crippen LogP contribution in [0.25, 0.3) is 0 Å². The van der Waals surface area contributed by atoms with Gasteiger partial charge in [-0.1, -0.05) is 13.8 Å². The monoisotopic (exact) mass is 280 g/mol. The highest BCUT2D eigenvalue weighted by Gasteiger charge is 2.24. The molecule has 0 fully saturated rings. The van der Waals surface area contributed by atoms with Gasteiger partial charge in [0.2, 0.25) is 5.91 Å². The standard InChI is InChI=1S/C14H20N2O4/c1-8(2)12(16(3)4)13(18)15-9-5-6-11(17)10(7-9)14(19)20/h5-8,12,17H,1-4H3,(H,15,18)(H,19,20)/t12-/m0/s1. The van der Waals surface area contributed by atoms with Crippen molar-refractivity contribution in [1.29, 1.82) is 0 Å². The fraction of sp³-hybridized carbons (Fsp3) is 0.429. The Balaban J connectivity index is 2.96. The second-order valence-electron chi connectivity index (χ2n) is 5.18. The first kappa shape index (κ1) is 16.0. The summed E-state index contributed by atoms with van der Waals surface area (Å²) in [5.41, 5.74) is 0.103. The van der Waals surface area contributed by atoms with Gasteiger partial charge in [-0.05, 0) is 38.2 Å². The summed E-state index contributed by atoms with van der Waals surface area (Å²) in [7, 11) is 3.62. The lowest BCUT2D eigenvalue weighted by atomic mass is 10.0. The number of amides is 1. The second-order valence-corrected chi connectivity index (χ2v) is 5.18. The van der Waals surface area contributed by atoms with Gasteiger partial charge in [0.15, 0.2) is 0 Å². The van der Waals surface area contributed by atoms with Crippen molar-refractivity contribution in [3.05, 3.63) is 23.8 Å². The lowest BCUT2D eigenvalue weighted by Crippen LogP contribution is -2.43. The first-order valence-corrected chi connectivity index (χ1v) is 6.27. The van der Waals surface area contributed by atoms with Gasteiger partial charge in [0.05, 0.1) is 6.04 Å². The van der Waals surface area contributed by atoms with Crippen molar-refractivity contribution in [2.24, 2.45) is 5.92 Å². The van der Waals surface area contributed by atoms with E-state index in [4.69, 9.17) is 5.11 Å². The third-order valence-corrected chi connectivity index (χ3v) is 2.95. The van der Waals surface area contributed by atoms with Crippen LogP contribution < -0.4 is 5.32 Å². The third-order valence-electron chi connectivity index (χ3n) is 2.95. The number of aromatic carboxylic acids is 1. The molecule has 1 atom stereocenters. The van der Waals surface area contributed by atoms with E-state index in [0.717, 1.165) is 0 Å². The highest BCUT2D eigenvalue weighted by molar-refractivity contribution is 5.97. The fourth-order valence-electron chi connectivity index (χ4n) is 2.13. The van der Waals surface area contributed by atoms with Crippen molar-refractivity contribution in [1.82, 2.24) is 4.90 Å². The number of carbonyl (C=O) groups is 2. The van der Waals surface area contributed by atoms with E-state index in [9.17, 15) is 14.7 Å². The number of likely N-dealkylation sites (N-methyl/N-ethyl adjacent to an activating group) is 1. The molecule has 0 spiro atoms. The van der Waals surface area contributed by atoms with Gasteiger partial charge in [-0.25, -0.2) is 4.79 Å². The molecule has 0 aromatic heterocycles. The minimum Gasteiger partial charge on any atom is -0.507 e. The van der Waals surface area contributed by atoms with Crippen molar-refractivity contribution < 1.29 is 19.8 Å². The van der Waals surface area contributed by atoms with Crippen molar-refractivity contribution in [3.63, 3.8) is 0 Å². The zero-order chi connectivity index (χ0) is 15.4. The normalized spacial score (nSPS) is 12.5. The third kappa shape index (κ3) is 3.71. The lowest BCUT2D eigenvalue weighted by molar-refractivity contribution is -0.121. The Labute approximate surface area is 118 Å². The Kier molecular flexibility index (Phi) is 5.10. The summed E-state index contributed by atoms with van der Waals surface area (Å²) >= 11 is 0. The topological polar surface area (TPSA) is 89.9 Å². The molecule has 1 amide bonds. The van der Waals surface area contributed by atoms with E-state index < -0.39 is 5.97 Å². The van der Waals surface area contributed by atoms with Gasteiger partial charge in [-0.2, -0.15) is 0 Å². The summed E-state index contributed by atoms with van der Waals surface area (Å²) in [6.07, 6.45) is 0. The highest BCUT2D eigenvalue weighted by atomic mass is 16.4. The maximum absolute atomic E-state index is 12.2. The van der Waals surface area contributed by atoms with Crippen molar-refractivity contribution in [2.75, 3.05) is 19.4 Å². The number of rotatable bonds is 5. The average Bonchev–Trinajstić information content (AvgIpc) is 2.30. The molecule has 1 aromatic rings. The number of carbonyl (C=O) groups excluding carboxylic acids is 1. The maximum Gasteiger partial charge on any atom is 0.339 e. The van der Waals surface area contributed by atoms with Crippen molar-refractivity contribution in [2.45, 2.75) is 19.9 Å². The largest absolute Gasteiger partial charge is 0.507 e. The molecule has 0 unspecified atom stereocenters. The van der Waals surface area contributed by atoms with Gasteiger partial charge in [-0.15, -0.1) is 0 Å². The quantitative estimate of drug-likeness (QED) is 0.713. The molecular formula is C14H20N2O4. The Hall–Kier alpha value is -2.08. The summed E-state index contributed by atoms with van der Waals surface area (Å²) in [4.78, 5) is 24.9. The number of carboxylic acids is 1. The smallest absolute Gasteiger partial charge is 0.339 e. The molecule has 1 aromatic carbocycles. The number of phenols is 1. The van der Waals surface area contributed by atoms with Gasteiger partial charge in [0.1, 0.15) is 11.3 Å². The lowest BCUT2D eigenvalue weighted by Gasteiger charge is -2.26. The minimum atomic E-state index is -1.24. The highest BCUT2D eigenvalue weighted by Crippen LogP contribution is 2.22. The van der Waals surface area contributed by atoms with Crippen LogP contribution >= 0.6 is 0 Å². The number of hydrogen-bond acceptors (Lipinski definition) is 4. The molecular weight excluding hydrogens is 260 g/mol. The molecule has 110 valence electrons. The number of anilines is 1. The molecule has 0 aliphatic carbocycles. The van der Waals surface area contributed by atoms with Gasteiger partial charge in [0, 0.05) is 5.69 Å². The van der Waals surface area contributed by atoms with Crippen LogP contribution in [0.5, 0.6) is 5.75 Å². The van der Waals surface area contributed by atoms with E-state index in [2.05, 4.69) is 5.32 Å². The number of nitrogens with one attached hydrogen (secondary N) is 1. The molecule has 0 saturated carbocycles. The summed E-state index contributed by atoms with van der Waals surface area (Å²) in [6, 6.07) is 3.63. The van der Waals surface area contributed by atoms with Crippen LogP contribution in [0.3, 0.4) is 0 Å². The number of benzene rings is 1. The summed E-state index contributed by atoms with van der Waals surface area (Å²) in [5, 5.41) is 21.0.